The molecule has 0 unspecified atom stereocenters. The zero-order chi connectivity index (χ0) is 16.1. The topological polar surface area (TPSA) is 49.4 Å². The van der Waals surface area contributed by atoms with E-state index in [1.54, 1.807) is 0 Å². The highest BCUT2D eigenvalue weighted by Crippen LogP contribution is 2.23. The molecule has 0 bridgehead atoms. The molecule has 1 aromatic rings. The first kappa shape index (κ1) is 17.5. The lowest BCUT2D eigenvalue weighted by atomic mass is 9.98. The molecule has 122 valence electrons. The van der Waals surface area contributed by atoms with E-state index < -0.39 is 0 Å². The maximum Gasteiger partial charge on any atom is 0.261 e. The van der Waals surface area contributed by atoms with Crippen LogP contribution in [0.25, 0.3) is 0 Å². The van der Waals surface area contributed by atoms with Gasteiger partial charge >= 0.3 is 0 Å². The molecule has 0 atom stereocenters. The molecule has 1 N–H and O–H groups in total. The van der Waals surface area contributed by atoms with Gasteiger partial charge < -0.3 is 10.2 Å². The second-order valence-electron chi connectivity index (χ2n) is 5.69. The molecule has 1 aromatic heterocycles. The number of carbonyl (C=O) groups is 2. The van der Waals surface area contributed by atoms with E-state index in [-0.39, 0.29) is 23.8 Å². The molecule has 0 aromatic carbocycles. The van der Waals surface area contributed by atoms with Gasteiger partial charge in [-0.25, -0.2) is 0 Å². The maximum atomic E-state index is 12.3. The van der Waals surface area contributed by atoms with Gasteiger partial charge in [-0.05, 0) is 53.7 Å². The molecule has 0 saturated carbocycles. The second-order valence-corrected chi connectivity index (χ2v) is 8.15. The Bertz CT molecular complexity index is 520. The predicted molar refractivity (Wildman–Crippen MR) is 93.2 cm³/mol. The van der Waals surface area contributed by atoms with Crippen LogP contribution in [0.1, 0.15) is 49.2 Å². The van der Waals surface area contributed by atoms with Gasteiger partial charge in [-0.2, -0.15) is 0 Å². The molecule has 4 nitrogen and oxygen atoms in total. The first-order valence-corrected chi connectivity index (χ1v) is 9.51. The summed E-state index contributed by atoms with van der Waals surface area (Å²) in [5.74, 6) is 0.409. The lowest BCUT2D eigenvalue weighted by Gasteiger charge is -2.34. The van der Waals surface area contributed by atoms with Gasteiger partial charge in [0.1, 0.15) is 0 Å². The minimum absolute atomic E-state index is 0.0135. The second kappa shape index (κ2) is 8.11. The van der Waals surface area contributed by atoms with Gasteiger partial charge in [0.2, 0.25) is 5.91 Å². The fraction of sp³-hybridized carbons (Fsp3) is 0.625. The number of amides is 2. The molecule has 2 heterocycles. The summed E-state index contributed by atoms with van der Waals surface area (Å²) in [7, 11) is 0. The molecular weight excluding hydrogens is 364 g/mol. The number of nitrogens with one attached hydrogen (secondary N) is 1. The Kier molecular flexibility index (Phi) is 6.44. The number of halogens is 1. The number of piperidine rings is 1. The van der Waals surface area contributed by atoms with E-state index >= 15 is 0 Å². The Morgan fingerprint density at radius 3 is 2.45 bits per heavy atom. The number of likely N-dealkylation sites (tertiary alicyclic amines) is 1. The number of hydrogen-bond acceptors (Lipinski definition) is 3. The van der Waals surface area contributed by atoms with Crippen molar-refractivity contribution in [2.45, 2.75) is 45.6 Å². The van der Waals surface area contributed by atoms with Crippen molar-refractivity contribution in [3.05, 3.63) is 20.8 Å². The van der Waals surface area contributed by atoms with Crippen LogP contribution in [0.2, 0.25) is 0 Å². The van der Waals surface area contributed by atoms with Gasteiger partial charge in [0, 0.05) is 25.0 Å². The summed E-state index contributed by atoms with van der Waals surface area (Å²) >= 11 is 4.81. The van der Waals surface area contributed by atoms with Crippen molar-refractivity contribution in [1.82, 2.24) is 10.2 Å². The van der Waals surface area contributed by atoms with Gasteiger partial charge in [0.05, 0.1) is 8.66 Å². The molecule has 2 amide bonds. The van der Waals surface area contributed by atoms with Crippen molar-refractivity contribution in [3.8, 4) is 0 Å². The van der Waals surface area contributed by atoms with Crippen LogP contribution in [0.3, 0.4) is 0 Å². The van der Waals surface area contributed by atoms with Crippen LogP contribution in [0.4, 0.5) is 0 Å². The van der Waals surface area contributed by atoms with Crippen LogP contribution < -0.4 is 5.32 Å². The van der Waals surface area contributed by atoms with Gasteiger partial charge in [-0.3, -0.25) is 9.59 Å². The zero-order valence-corrected chi connectivity index (χ0v) is 15.5. The van der Waals surface area contributed by atoms with Crippen LogP contribution in [0.5, 0.6) is 0 Å². The third-order valence-corrected chi connectivity index (χ3v) is 5.90. The zero-order valence-electron chi connectivity index (χ0n) is 13.1. The van der Waals surface area contributed by atoms with Crippen molar-refractivity contribution < 1.29 is 9.59 Å². The normalized spacial score (nSPS) is 16.1. The smallest absolute Gasteiger partial charge is 0.261 e. The Morgan fingerprint density at radius 1 is 1.32 bits per heavy atom. The quantitative estimate of drug-likeness (QED) is 0.838. The maximum absolute atomic E-state index is 12.3. The molecule has 0 radical (unpaired) electrons. The lowest BCUT2D eigenvalue weighted by Crippen LogP contribution is -2.47. The summed E-state index contributed by atoms with van der Waals surface area (Å²) in [4.78, 5) is 27.2. The molecule has 6 heteroatoms. The van der Waals surface area contributed by atoms with Gasteiger partial charge in [0.25, 0.3) is 5.91 Å². The van der Waals surface area contributed by atoms with Crippen molar-refractivity contribution >= 4 is 39.1 Å². The average Bonchev–Trinajstić information content (AvgIpc) is 2.96. The van der Waals surface area contributed by atoms with E-state index in [0.29, 0.717) is 0 Å². The highest BCUT2D eigenvalue weighted by Gasteiger charge is 2.27. The van der Waals surface area contributed by atoms with Crippen LogP contribution >= 0.6 is 27.3 Å². The Balaban J connectivity index is 1.82. The standard InChI is InChI=1S/C16H23BrN2O2S/c1-3-11(4-2)16(21)19-9-7-12(8-10-19)18-15(20)13-5-6-14(17)22-13/h5-6,11-12H,3-4,7-10H2,1-2H3,(H,18,20). The predicted octanol–water partition coefficient (Wildman–Crippen LogP) is 3.67. The van der Waals surface area contributed by atoms with E-state index in [1.165, 1.54) is 11.3 Å². The minimum atomic E-state index is -0.0135. The molecule has 1 fully saturated rings. The Morgan fingerprint density at radius 2 is 1.95 bits per heavy atom. The number of thiophene rings is 1. The van der Waals surface area contributed by atoms with Crippen molar-refractivity contribution in [1.29, 1.82) is 0 Å². The number of hydrogen-bond donors (Lipinski definition) is 1. The van der Waals surface area contributed by atoms with Gasteiger partial charge in [-0.1, -0.05) is 13.8 Å². The SMILES string of the molecule is CCC(CC)C(=O)N1CCC(NC(=O)c2ccc(Br)s2)CC1. The number of rotatable bonds is 5. The monoisotopic (exact) mass is 386 g/mol. The van der Waals surface area contributed by atoms with Crippen LogP contribution in [0, 0.1) is 5.92 Å². The summed E-state index contributed by atoms with van der Waals surface area (Å²) in [5, 5.41) is 3.08. The first-order chi connectivity index (χ1) is 10.5. The largest absolute Gasteiger partial charge is 0.348 e. The third kappa shape index (κ3) is 4.32. The summed E-state index contributed by atoms with van der Waals surface area (Å²) in [5.41, 5.74) is 0. The summed E-state index contributed by atoms with van der Waals surface area (Å²) < 4.78 is 0.961. The Hall–Kier alpha value is -0.880. The van der Waals surface area contributed by atoms with E-state index in [9.17, 15) is 9.59 Å². The summed E-state index contributed by atoms with van der Waals surface area (Å²) in [6.07, 6.45) is 3.48. The number of carbonyl (C=O) groups excluding carboxylic acids is 2. The molecule has 0 spiro atoms. The molecule has 2 rings (SSSR count). The molecule has 1 saturated heterocycles. The van der Waals surface area contributed by atoms with Crippen LogP contribution in [0.15, 0.2) is 15.9 Å². The van der Waals surface area contributed by atoms with Crippen molar-refractivity contribution in [2.75, 3.05) is 13.1 Å². The fourth-order valence-corrected chi connectivity index (χ4v) is 4.12. The van der Waals surface area contributed by atoms with E-state index in [1.807, 2.05) is 17.0 Å². The van der Waals surface area contributed by atoms with E-state index in [0.717, 1.165) is 47.4 Å². The van der Waals surface area contributed by atoms with Crippen molar-refractivity contribution in [3.63, 3.8) is 0 Å². The molecule has 0 aliphatic carbocycles. The molecule has 22 heavy (non-hydrogen) atoms. The summed E-state index contributed by atoms with van der Waals surface area (Å²) in [6, 6.07) is 3.88. The van der Waals surface area contributed by atoms with Gasteiger partial charge in [0.15, 0.2) is 0 Å². The average molecular weight is 387 g/mol. The fourth-order valence-electron chi connectivity index (χ4n) is 2.83. The highest BCUT2D eigenvalue weighted by atomic mass is 79.9. The van der Waals surface area contributed by atoms with E-state index in [4.69, 9.17) is 0 Å². The van der Waals surface area contributed by atoms with E-state index in [2.05, 4.69) is 35.1 Å². The summed E-state index contributed by atoms with van der Waals surface area (Å²) in [6.45, 7) is 5.62. The third-order valence-electron chi connectivity index (χ3n) is 4.27. The Labute approximate surface area is 144 Å². The molecule has 1 aliphatic heterocycles. The minimum Gasteiger partial charge on any atom is -0.348 e. The van der Waals surface area contributed by atoms with Crippen LogP contribution in [-0.2, 0) is 4.79 Å². The lowest BCUT2D eigenvalue weighted by molar-refractivity contribution is -0.136. The first-order valence-electron chi connectivity index (χ1n) is 7.90. The molecular formula is C16H23BrN2O2S. The highest BCUT2D eigenvalue weighted by molar-refractivity contribution is 9.11. The number of nitrogens with zero attached hydrogens (tertiary/aromatic N) is 1. The van der Waals surface area contributed by atoms with Crippen molar-refractivity contribution in [2.24, 2.45) is 5.92 Å². The molecule has 1 aliphatic rings. The van der Waals surface area contributed by atoms with Gasteiger partial charge in [-0.15, -0.1) is 11.3 Å². The van der Waals surface area contributed by atoms with Crippen LogP contribution in [-0.4, -0.2) is 35.8 Å².